The fourth-order valence-corrected chi connectivity index (χ4v) is 2.91. The summed E-state index contributed by atoms with van der Waals surface area (Å²) in [5.74, 6) is 0.891. The van der Waals surface area contributed by atoms with E-state index in [1.807, 2.05) is 13.0 Å². The molecule has 1 aromatic carbocycles. The molecule has 1 aliphatic rings. The van der Waals surface area contributed by atoms with Crippen LogP contribution in [0.4, 0.5) is 0 Å². The third-order valence-corrected chi connectivity index (χ3v) is 4.23. The lowest BCUT2D eigenvalue weighted by molar-refractivity contribution is 0.342. The molecule has 1 atom stereocenters. The number of methoxy groups -OCH3 is 1. The summed E-state index contributed by atoms with van der Waals surface area (Å²) in [6, 6.07) is 8.75. The lowest BCUT2D eigenvalue weighted by Gasteiger charge is -2.26. The third-order valence-electron chi connectivity index (χ3n) is 4.23. The zero-order valence-corrected chi connectivity index (χ0v) is 12.1. The average Bonchev–Trinajstić information content (AvgIpc) is 2.61. The van der Waals surface area contributed by atoms with Gasteiger partial charge in [-0.15, -0.1) is 0 Å². The first kappa shape index (κ1) is 13.9. The number of benzene rings is 1. The van der Waals surface area contributed by atoms with Gasteiger partial charge in [-0.25, -0.2) is 0 Å². The third kappa shape index (κ3) is 2.74. The Bertz CT molecular complexity index is 492. The minimum atomic E-state index is -0.332. The lowest BCUT2D eigenvalue weighted by atomic mass is 9.75. The number of nitriles is 1. The molecule has 0 aliphatic carbocycles. The number of hydrogen-bond acceptors (Lipinski definition) is 3. The number of rotatable bonds is 2. The first-order chi connectivity index (χ1) is 9.11. The molecule has 1 saturated heterocycles. The van der Waals surface area contributed by atoms with Gasteiger partial charge in [0.2, 0.25) is 0 Å². The van der Waals surface area contributed by atoms with Gasteiger partial charge in [0, 0.05) is 0 Å². The van der Waals surface area contributed by atoms with Crippen molar-refractivity contribution in [3.05, 3.63) is 29.3 Å². The average molecular weight is 258 g/mol. The van der Waals surface area contributed by atoms with Crippen molar-refractivity contribution >= 4 is 0 Å². The zero-order valence-electron chi connectivity index (χ0n) is 12.1. The van der Waals surface area contributed by atoms with Crippen molar-refractivity contribution in [2.24, 2.45) is 0 Å². The molecule has 0 aromatic heterocycles. The molecule has 0 N–H and O–H groups in total. The van der Waals surface area contributed by atoms with Gasteiger partial charge in [0.25, 0.3) is 0 Å². The molecule has 3 nitrogen and oxygen atoms in total. The highest BCUT2D eigenvalue weighted by molar-refractivity contribution is 5.42. The molecule has 1 heterocycles. The van der Waals surface area contributed by atoms with Crippen molar-refractivity contribution in [1.82, 2.24) is 4.90 Å². The van der Waals surface area contributed by atoms with E-state index >= 15 is 0 Å². The molecule has 0 spiro atoms. The SMILES string of the molecule is COc1ccc(C2(C#N)CCCN(C)CC2)cc1C. The van der Waals surface area contributed by atoms with E-state index in [1.165, 1.54) is 0 Å². The van der Waals surface area contributed by atoms with E-state index in [2.05, 4.69) is 30.1 Å². The Morgan fingerprint density at radius 2 is 2.11 bits per heavy atom. The van der Waals surface area contributed by atoms with E-state index < -0.39 is 0 Å². The first-order valence-electron chi connectivity index (χ1n) is 6.86. The second kappa shape index (κ2) is 5.63. The standard InChI is InChI=1S/C16H22N2O/c1-13-11-14(5-6-15(13)19-3)16(12-17)7-4-9-18(2)10-8-16/h5-6,11H,4,7-10H2,1-3H3. The van der Waals surface area contributed by atoms with Gasteiger partial charge in [0.05, 0.1) is 18.6 Å². The van der Waals surface area contributed by atoms with E-state index in [0.717, 1.165) is 49.2 Å². The van der Waals surface area contributed by atoms with Crippen LogP contribution in [0.15, 0.2) is 18.2 Å². The van der Waals surface area contributed by atoms with Crippen molar-refractivity contribution in [1.29, 1.82) is 5.26 Å². The van der Waals surface area contributed by atoms with Crippen LogP contribution in [-0.2, 0) is 5.41 Å². The van der Waals surface area contributed by atoms with Gasteiger partial charge in [-0.1, -0.05) is 12.1 Å². The molecule has 1 aromatic rings. The van der Waals surface area contributed by atoms with E-state index in [1.54, 1.807) is 7.11 Å². The second-order valence-electron chi connectivity index (χ2n) is 5.54. The smallest absolute Gasteiger partial charge is 0.121 e. The van der Waals surface area contributed by atoms with Crippen LogP contribution in [0, 0.1) is 18.3 Å². The number of nitrogens with zero attached hydrogens (tertiary/aromatic N) is 2. The minimum Gasteiger partial charge on any atom is -0.496 e. The predicted molar refractivity (Wildman–Crippen MR) is 76.4 cm³/mol. The lowest BCUT2D eigenvalue weighted by Crippen LogP contribution is -2.26. The molecule has 102 valence electrons. The van der Waals surface area contributed by atoms with E-state index in [-0.39, 0.29) is 5.41 Å². The van der Waals surface area contributed by atoms with Gasteiger partial charge >= 0.3 is 0 Å². The summed E-state index contributed by atoms with van der Waals surface area (Å²) in [5.41, 5.74) is 1.91. The maximum absolute atomic E-state index is 9.72. The summed E-state index contributed by atoms with van der Waals surface area (Å²) in [6.07, 6.45) is 2.93. The number of likely N-dealkylation sites (tertiary alicyclic amines) is 1. The van der Waals surface area contributed by atoms with Crippen molar-refractivity contribution in [2.75, 3.05) is 27.2 Å². The Balaban J connectivity index is 2.36. The van der Waals surface area contributed by atoms with Gasteiger partial charge in [-0.3, -0.25) is 0 Å². The quantitative estimate of drug-likeness (QED) is 0.818. The van der Waals surface area contributed by atoms with Gasteiger partial charge < -0.3 is 9.64 Å². The van der Waals surface area contributed by atoms with Crippen LogP contribution in [0.2, 0.25) is 0 Å². The predicted octanol–water partition coefficient (Wildman–Crippen LogP) is 2.88. The Labute approximate surface area is 115 Å². The Morgan fingerprint density at radius 1 is 1.32 bits per heavy atom. The van der Waals surface area contributed by atoms with Crippen molar-refractivity contribution in [2.45, 2.75) is 31.6 Å². The Kier molecular flexibility index (Phi) is 4.11. The summed E-state index contributed by atoms with van der Waals surface area (Å²) in [4.78, 5) is 2.31. The summed E-state index contributed by atoms with van der Waals surface area (Å²) in [6.45, 7) is 4.10. The molecule has 1 aliphatic heterocycles. The summed E-state index contributed by atoms with van der Waals surface area (Å²) >= 11 is 0. The molecule has 0 amide bonds. The molecular weight excluding hydrogens is 236 g/mol. The van der Waals surface area contributed by atoms with Crippen molar-refractivity contribution in [3.63, 3.8) is 0 Å². The van der Waals surface area contributed by atoms with Gasteiger partial charge in [-0.05, 0) is 63.5 Å². The molecule has 2 rings (SSSR count). The molecule has 0 bridgehead atoms. The van der Waals surface area contributed by atoms with Crippen LogP contribution in [-0.4, -0.2) is 32.1 Å². The highest BCUT2D eigenvalue weighted by Gasteiger charge is 2.34. The fraction of sp³-hybridized carbons (Fsp3) is 0.562. The molecular formula is C16H22N2O. The zero-order chi connectivity index (χ0) is 13.9. The van der Waals surface area contributed by atoms with Crippen LogP contribution >= 0.6 is 0 Å². The number of aryl methyl sites for hydroxylation is 1. The van der Waals surface area contributed by atoms with Gasteiger partial charge in [0.1, 0.15) is 5.75 Å². The molecule has 1 fully saturated rings. The number of ether oxygens (including phenoxy) is 1. The van der Waals surface area contributed by atoms with E-state index in [0.29, 0.717) is 0 Å². The molecule has 0 radical (unpaired) electrons. The van der Waals surface area contributed by atoms with Crippen LogP contribution in [0.5, 0.6) is 5.75 Å². The van der Waals surface area contributed by atoms with E-state index in [4.69, 9.17) is 4.74 Å². The Hall–Kier alpha value is -1.53. The summed E-state index contributed by atoms with van der Waals surface area (Å²) < 4.78 is 5.30. The minimum absolute atomic E-state index is 0.332. The normalized spacial score (nSPS) is 24.5. The molecule has 0 saturated carbocycles. The van der Waals surface area contributed by atoms with Crippen molar-refractivity contribution < 1.29 is 4.74 Å². The van der Waals surface area contributed by atoms with Crippen LogP contribution < -0.4 is 4.74 Å². The maximum Gasteiger partial charge on any atom is 0.121 e. The van der Waals surface area contributed by atoms with Crippen molar-refractivity contribution in [3.8, 4) is 11.8 Å². The highest BCUT2D eigenvalue weighted by Crippen LogP contribution is 2.36. The second-order valence-corrected chi connectivity index (χ2v) is 5.54. The van der Waals surface area contributed by atoms with E-state index in [9.17, 15) is 5.26 Å². The van der Waals surface area contributed by atoms with Crippen LogP contribution in [0.3, 0.4) is 0 Å². The molecule has 3 heteroatoms. The largest absolute Gasteiger partial charge is 0.496 e. The topological polar surface area (TPSA) is 36.3 Å². The molecule has 19 heavy (non-hydrogen) atoms. The first-order valence-corrected chi connectivity index (χ1v) is 6.86. The highest BCUT2D eigenvalue weighted by atomic mass is 16.5. The van der Waals surface area contributed by atoms with Crippen LogP contribution in [0.1, 0.15) is 30.4 Å². The molecule has 1 unspecified atom stereocenters. The summed E-state index contributed by atoms with van der Waals surface area (Å²) in [7, 11) is 3.81. The Morgan fingerprint density at radius 3 is 2.74 bits per heavy atom. The maximum atomic E-state index is 9.72. The number of hydrogen-bond donors (Lipinski definition) is 0. The fourth-order valence-electron chi connectivity index (χ4n) is 2.91. The van der Waals surface area contributed by atoms with Gasteiger partial charge in [0.15, 0.2) is 0 Å². The summed E-state index contributed by atoms with van der Waals surface area (Å²) in [5, 5.41) is 9.72. The van der Waals surface area contributed by atoms with Gasteiger partial charge in [-0.2, -0.15) is 5.26 Å². The monoisotopic (exact) mass is 258 g/mol. The van der Waals surface area contributed by atoms with Crippen LogP contribution in [0.25, 0.3) is 0 Å².